The van der Waals surface area contributed by atoms with Gasteiger partial charge in [0.1, 0.15) is 18.3 Å². The Labute approximate surface area is 301 Å². The number of hydrogen-bond acceptors (Lipinski definition) is 6. The van der Waals surface area contributed by atoms with Gasteiger partial charge >= 0.3 is 0 Å². The van der Waals surface area contributed by atoms with E-state index in [0.717, 1.165) is 58.0 Å². The van der Waals surface area contributed by atoms with Crippen LogP contribution in [0.1, 0.15) is 55.7 Å². The molecule has 0 spiro atoms. The zero-order chi connectivity index (χ0) is 35.5. The van der Waals surface area contributed by atoms with Crippen LogP contribution in [0.5, 0.6) is 5.75 Å². The normalized spacial score (nSPS) is 14.1. The zero-order valence-corrected chi connectivity index (χ0v) is 30.7. The lowest BCUT2D eigenvalue weighted by atomic mass is 9.94. The molecule has 0 aliphatic heterocycles. The predicted octanol–water partition coefficient (Wildman–Crippen LogP) is 7.40. The van der Waals surface area contributed by atoms with Crippen molar-refractivity contribution >= 4 is 39.3 Å². The Balaban J connectivity index is 1.60. The number of carbonyl (C=O) groups is 2. The van der Waals surface area contributed by atoms with Gasteiger partial charge in [-0.05, 0) is 86.0 Å². The van der Waals surface area contributed by atoms with Crippen LogP contribution in [0.2, 0.25) is 0 Å². The molecule has 4 aromatic carbocycles. The fourth-order valence-corrected chi connectivity index (χ4v) is 8.23. The van der Waals surface area contributed by atoms with E-state index in [1.165, 1.54) is 11.8 Å². The highest BCUT2D eigenvalue weighted by molar-refractivity contribution is 7.98. The molecule has 0 saturated heterocycles. The summed E-state index contributed by atoms with van der Waals surface area (Å²) in [5, 5.41) is 3.27. The van der Waals surface area contributed by atoms with Crippen molar-refractivity contribution < 1.29 is 22.7 Å². The number of rotatable bonds is 15. The van der Waals surface area contributed by atoms with Crippen molar-refractivity contribution in [3.05, 3.63) is 120 Å². The van der Waals surface area contributed by atoms with Gasteiger partial charge in [0.2, 0.25) is 11.8 Å². The molecule has 1 atom stereocenters. The van der Waals surface area contributed by atoms with Crippen molar-refractivity contribution in [3.8, 4) is 5.75 Å². The number of anilines is 1. The topological polar surface area (TPSA) is 96.0 Å². The number of carbonyl (C=O) groups excluding carboxylic acids is 2. The summed E-state index contributed by atoms with van der Waals surface area (Å²) in [7, 11) is -4.26. The molecule has 1 aliphatic carbocycles. The number of para-hydroxylation sites is 2. The van der Waals surface area contributed by atoms with Gasteiger partial charge < -0.3 is 15.0 Å². The first-order valence-corrected chi connectivity index (χ1v) is 19.9. The lowest BCUT2D eigenvalue weighted by Gasteiger charge is -2.35. The van der Waals surface area contributed by atoms with E-state index in [-0.39, 0.29) is 35.5 Å². The van der Waals surface area contributed by atoms with Crippen molar-refractivity contribution in [3.63, 3.8) is 0 Å². The molecule has 1 fully saturated rings. The Bertz CT molecular complexity index is 1830. The second-order valence-corrected chi connectivity index (χ2v) is 15.3. The van der Waals surface area contributed by atoms with E-state index in [4.69, 9.17) is 4.74 Å². The van der Waals surface area contributed by atoms with Crippen LogP contribution in [-0.4, -0.2) is 56.6 Å². The van der Waals surface area contributed by atoms with E-state index >= 15 is 0 Å². The number of nitrogens with zero attached hydrogens (tertiary/aromatic N) is 2. The highest BCUT2D eigenvalue weighted by Crippen LogP contribution is 2.33. The van der Waals surface area contributed by atoms with Crippen LogP contribution >= 0.6 is 11.8 Å². The van der Waals surface area contributed by atoms with Crippen LogP contribution in [-0.2, 0) is 32.6 Å². The van der Waals surface area contributed by atoms with Crippen molar-refractivity contribution in [2.75, 3.05) is 23.7 Å². The monoisotopic (exact) mass is 713 g/mol. The number of benzene rings is 4. The average Bonchev–Trinajstić information content (AvgIpc) is 3.14. The van der Waals surface area contributed by atoms with Crippen molar-refractivity contribution in [1.29, 1.82) is 0 Å². The minimum absolute atomic E-state index is 0.0316. The van der Waals surface area contributed by atoms with Gasteiger partial charge in [-0.15, -0.1) is 11.8 Å². The SMILES string of the molecule is CCOc1ccccc1N(CC(=O)N(Cc1ccccc1C)C(Cc1ccccc1)C(=O)NC1CCCCC1)S(=O)(=O)c1ccc(SC)cc1. The molecular weight excluding hydrogens is 667 g/mol. The molecule has 1 aliphatic rings. The number of ether oxygens (including phenoxy) is 1. The van der Waals surface area contributed by atoms with Gasteiger partial charge in [-0.3, -0.25) is 13.9 Å². The highest BCUT2D eigenvalue weighted by Gasteiger charge is 2.36. The number of nitrogens with one attached hydrogen (secondary N) is 1. The van der Waals surface area contributed by atoms with Crippen LogP contribution in [0, 0.1) is 6.92 Å². The van der Waals surface area contributed by atoms with Gasteiger partial charge in [0.05, 0.1) is 17.2 Å². The molecule has 4 aromatic rings. The van der Waals surface area contributed by atoms with Crippen molar-refractivity contribution in [2.45, 2.75) is 80.8 Å². The summed E-state index contributed by atoms with van der Waals surface area (Å²) in [6.07, 6.45) is 7.22. The average molecular weight is 714 g/mol. The predicted molar refractivity (Wildman–Crippen MR) is 201 cm³/mol. The maximum absolute atomic E-state index is 14.9. The number of hydrogen-bond donors (Lipinski definition) is 1. The molecule has 2 amide bonds. The van der Waals surface area contributed by atoms with Gasteiger partial charge in [0, 0.05) is 23.9 Å². The molecule has 10 heteroatoms. The summed E-state index contributed by atoms with van der Waals surface area (Å²) in [5.41, 5.74) is 3.00. The first kappa shape index (κ1) is 37.0. The molecule has 5 rings (SSSR count). The number of sulfonamides is 1. The standard InChI is InChI=1S/C40H47N3O5S2/c1-4-48-38-22-14-13-21-36(38)43(50(46,47)35-25-23-34(49-3)24-26-35)29-39(44)42(28-32-18-12-11-15-30(32)2)37(27-31-16-7-5-8-17-31)40(45)41-33-19-9-6-10-20-33/h5,7-8,11-18,21-26,33,37H,4,6,9-10,19-20,27-29H2,1-3H3,(H,41,45). The lowest BCUT2D eigenvalue weighted by Crippen LogP contribution is -2.55. The molecule has 0 aromatic heterocycles. The van der Waals surface area contributed by atoms with Crippen LogP contribution in [0.3, 0.4) is 0 Å². The Hall–Kier alpha value is -4.28. The maximum atomic E-state index is 14.9. The fourth-order valence-electron chi connectivity index (χ4n) is 6.40. The Morgan fingerprint density at radius 3 is 2.22 bits per heavy atom. The smallest absolute Gasteiger partial charge is 0.264 e. The molecule has 8 nitrogen and oxygen atoms in total. The van der Waals surface area contributed by atoms with Crippen LogP contribution in [0.25, 0.3) is 0 Å². The van der Waals surface area contributed by atoms with Crippen LogP contribution in [0.4, 0.5) is 5.69 Å². The summed E-state index contributed by atoms with van der Waals surface area (Å²) in [6, 6.07) is 30.0. The summed E-state index contributed by atoms with van der Waals surface area (Å²) < 4.78 is 36.1. The summed E-state index contributed by atoms with van der Waals surface area (Å²) in [5.74, 6) is -0.392. The minimum Gasteiger partial charge on any atom is -0.492 e. The Morgan fingerprint density at radius 2 is 1.54 bits per heavy atom. The van der Waals surface area contributed by atoms with Gasteiger partial charge in [-0.25, -0.2) is 8.42 Å². The number of amides is 2. The molecule has 50 heavy (non-hydrogen) atoms. The second-order valence-electron chi connectivity index (χ2n) is 12.6. The molecular formula is C40H47N3O5S2. The van der Waals surface area contributed by atoms with Crippen LogP contribution < -0.4 is 14.4 Å². The lowest BCUT2D eigenvalue weighted by molar-refractivity contribution is -0.140. The molecule has 264 valence electrons. The van der Waals surface area contributed by atoms with E-state index in [1.807, 2.05) is 74.7 Å². The second kappa shape index (κ2) is 17.6. The summed E-state index contributed by atoms with van der Waals surface area (Å²) in [6.45, 7) is 3.70. The van der Waals surface area contributed by atoms with E-state index in [2.05, 4.69) is 5.32 Å². The molecule has 1 saturated carbocycles. The Morgan fingerprint density at radius 1 is 0.880 bits per heavy atom. The first-order chi connectivity index (χ1) is 24.2. The van der Waals surface area contributed by atoms with Gasteiger partial charge in [-0.1, -0.05) is 86.0 Å². The van der Waals surface area contributed by atoms with Crippen LogP contribution in [0.15, 0.2) is 113 Å². The Kier molecular flexibility index (Phi) is 13.0. The third kappa shape index (κ3) is 9.28. The van der Waals surface area contributed by atoms with E-state index in [9.17, 15) is 18.0 Å². The third-order valence-corrected chi connectivity index (χ3v) is 11.7. The molecule has 0 radical (unpaired) electrons. The van der Waals surface area contributed by atoms with Crippen molar-refractivity contribution in [1.82, 2.24) is 10.2 Å². The zero-order valence-electron chi connectivity index (χ0n) is 29.1. The largest absolute Gasteiger partial charge is 0.492 e. The van der Waals surface area contributed by atoms with Gasteiger partial charge in [0.25, 0.3) is 10.0 Å². The summed E-state index contributed by atoms with van der Waals surface area (Å²) in [4.78, 5) is 31.8. The van der Waals surface area contributed by atoms with E-state index < -0.39 is 28.5 Å². The molecule has 0 bridgehead atoms. The summed E-state index contributed by atoms with van der Waals surface area (Å²) >= 11 is 1.51. The molecule has 1 unspecified atom stereocenters. The third-order valence-electron chi connectivity index (χ3n) is 9.18. The molecule has 1 N–H and O–H groups in total. The minimum atomic E-state index is -4.26. The molecule has 0 heterocycles. The number of aryl methyl sites for hydroxylation is 1. The van der Waals surface area contributed by atoms with E-state index in [0.29, 0.717) is 12.4 Å². The quantitative estimate of drug-likeness (QED) is 0.129. The number of thioether (sulfide) groups is 1. The van der Waals surface area contributed by atoms with E-state index in [1.54, 1.807) is 53.4 Å². The maximum Gasteiger partial charge on any atom is 0.264 e. The van der Waals surface area contributed by atoms with Crippen molar-refractivity contribution in [2.24, 2.45) is 0 Å². The van der Waals surface area contributed by atoms with Gasteiger partial charge in [-0.2, -0.15) is 0 Å². The van der Waals surface area contributed by atoms with Gasteiger partial charge in [0.15, 0.2) is 0 Å². The fraction of sp³-hybridized carbons (Fsp3) is 0.350. The first-order valence-electron chi connectivity index (χ1n) is 17.3. The highest BCUT2D eigenvalue weighted by atomic mass is 32.2.